The molecule has 2 unspecified atom stereocenters. The van der Waals surface area contributed by atoms with Crippen LogP contribution in [-0.2, 0) is 27.2 Å². The van der Waals surface area contributed by atoms with Crippen molar-refractivity contribution in [3.63, 3.8) is 0 Å². The number of fused-ring (bicyclic) bond motifs is 5. The fourth-order valence-corrected chi connectivity index (χ4v) is 39.6. The molecule has 2 atom stereocenters. The number of hydrogen-bond donors (Lipinski definition) is 0. The van der Waals surface area contributed by atoms with Crippen LogP contribution in [-0.4, -0.2) is 9.52 Å². The van der Waals surface area contributed by atoms with Crippen molar-refractivity contribution in [3.8, 4) is 33.4 Å². The summed E-state index contributed by atoms with van der Waals surface area (Å²) >= 11 is -5.72. The van der Waals surface area contributed by atoms with Crippen molar-refractivity contribution in [2.24, 2.45) is 11.8 Å². The minimum atomic E-state index is -5.72. The Morgan fingerprint density at radius 2 is 0.887 bits per heavy atom. The normalized spacial score (nSPS) is 18.0. The zero-order chi connectivity index (χ0) is 44.0. The van der Waals surface area contributed by atoms with Gasteiger partial charge in [0.1, 0.15) is 0 Å². The van der Waals surface area contributed by atoms with Gasteiger partial charge in [-0.3, -0.25) is 0 Å². The summed E-state index contributed by atoms with van der Waals surface area (Å²) in [6.07, 6.45) is 6.99. The standard InChI is InChI=1S/2C23H27.C12H9Si.2ClH.Zr/c2*1-16(2)13-17-14-18-9-8-11-19(21(18)15-17)20-10-6-7-12-22(20)23(3,4)5;1-3-7-11-9(5-1)10-6-2-4-8-12(10)13-11;;;/h2*6-12,14-16H,13H2,1-5H3;1-7H,13H2;2*1H;/q;;;;;+2/p-2. The quantitative estimate of drug-likeness (QED) is 0.127. The van der Waals surface area contributed by atoms with Gasteiger partial charge in [0.2, 0.25) is 0 Å². The summed E-state index contributed by atoms with van der Waals surface area (Å²) in [5, 5.41) is 2.97. The number of benzene rings is 6. The van der Waals surface area contributed by atoms with E-state index in [9.17, 15) is 17.0 Å². The van der Waals surface area contributed by atoms with Crippen LogP contribution < -0.4 is 13.6 Å². The summed E-state index contributed by atoms with van der Waals surface area (Å²) in [7, 11) is 18.1. The first-order valence-corrected chi connectivity index (χ1v) is 34.8. The second-order valence-corrected chi connectivity index (χ2v) is 44.0. The molecule has 6 aromatic carbocycles. The summed E-state index contributed by atoms with van der Waals surface area (Å²) in [6.45, 7) is 23.4. The zero-order valence-electron chi connectivity index (χ0n) is 38.5. The molecule has 1 aliphatic heterocycles. The molecule has 6 aromatic rings. The fraction of sp³-hybridized carbons (Fsp3) is 0.310. The molecule has 1 heterocycles. The Kier molecular flexibility index (Phi) is 11.2. The molecule has 0 N–H and O–H groups in total. The van der Waals surface area contributed by atoms with Gasteiger partial charge in [-0.25, -0.2) is 0 Å². The summed E-state index contributed by atoms with van der Waals surface area (Å²) in [5.41, 5.74) is 18.6. The predicted octanol–water partition coefficient (Wildman–Crippen LogP) is 14.7. The summed E-state index contributed by atoms with van der Waals surface area (Å²) in [5.74, 6) is 0.857. The van der Waals surface area contributed by atoms with Crippen molar-refractivity contribution in [2.75, 3.05) is 0 Å². The summed E-state index contributed by atoms with van der Waals surface area (Å²) in [4.78, 5) is 0. The molecule has 0 fully saturated rings. The average Bonchev–Trinajstić information content (AvgIpc) is 3.91. The number of rotatable bonds is 9. The molecule has 9 rings (SSSR count). The molecule has 3 aliphatic rings. The Morgan fingerprint density at radius 1 is 0.484 bits per heavy atom. The third-order valence-corrected chi connectivity index (χ3v) is 36.9. The van der Waals surface area contributed by atoms with Crippen molar-refractivity contribution < 1.29 is 16.4 Å². The topological polar surface area (TPSA) is 0 Å². The summed E-state index contributed by atoms with van der Waals surface area (Å²) in [6, 6.07) is 48.3. The van der Waals surface area contributed by atoms with Crippen molar-refractivity contribution in [2.45, 2.75) is 100 Å². The minimum absolute atomic E-state index is 0.0252. The van der Waals surface area contributed by atoms with E-state index in [0.717, 1.165) is 12.8 Å². The molecule has 0 spiro atoms. The van der Waals surface area contributed by atoms with Gasteiger partial charge >= 0.3 is 386 Å². The van der Waals surface area contributed by atoms with Crippen LogP contribution in [0, 0.1) is 11.8 Å². The maximum absolute atomic E-state index is 9.49. The van der Waals surface area contributed by atoms with Gasteiger partial charge in [0.15, 0.2) is 0 Å². The van der Waals surface area contributed by atoms with Gasteiger partial charge in [0.25, 0.3) is 0 Å². The average molecular weight is 950 g/mol. The summed E-state index contributed by atoms with van der Waals surface area (Å²) < 4.78 is 1.08. The molecule has 0 aromatic heterocycles. The van der Waals surface area contributed by atoms with Crippen LogP contribution in [0.5, 0.6) is 0 Å². The molecule has 62 heavy (non-hydrogen) atoms. The van der Waals surface area contributed by atoms with Crippen LogP contribution in [0.2, 0.25) is 0 Å². The Morgan fingerprint density at radius 3 is 1.35 bits per heavy atom. The molecule has 4 heteroatoms. The first kappa shape index (κ1) is 43.7. The van der Waals surface area contributed by atoms with E-state index < -0.39 is 25.9 Å². The molecule has 0 saturated heterocycles. The van der Waals surface area contributed by atoms with Gasteiger partial charge in [0, 0.05) is 0 Å². The van der Waals surface area contributed by atoms with Crippen molar-refractivity contribution >= 4 is 52.3 Å². The second kappa shape index (κ2) is 15.9. The Hall–Kier alpha value is -3.52. The molecule has 0 saturated carbocycles. The van der Waals surface area contributed by atoms with Gasteiger partial charge < -0.3 is 0 Å². The van der Waals surface area contributed by atoms with Gasteiger partial charge in [-0.15, -0.1) is 0 Å². The van der Waals surface area contributed by atoms with Crippen LogP contribution in [0.1, 0.15) is 123 Å². The van der Waals surface area contributed by atoms with Gasteiger partial charge in [-0.2, -0.15) is 0 Å². The van der Waals surface area contributed by atoms with E-state index in [1.807, 2.05) is 0 Å². The van der Waals surface area contributed by atoms with Gasteiger partial charge in [-0.1, -0.05) is 0 Å². The molecule has 0 bridgehead atoms. The third kappa shape index (κ3) is 7.19. The second-order valence-electron chi connectivity index (χ2n) is 21.5. The van der Waals surface area contributed by atoms with Gasteiger partial charge in [-0.05, 0) is 0 Å². The fourth-order valence-electron chi connectivity index (χ4n) is 11.8. The third-order valence-electron chi connectivity index (χ3n) is 14.1. The predicted molar refractivity (Wildman–Crippen MR) is 273 cm³/mol. The van der Waals surface area contributed by atoms with Crippen molar-refractivity contribution in [1.82, 2.24) is 0 Å². The van der Waals surface area contributed by atoms with E-state index >= 15 is 0 Å². The first-order chi connectivity index (χ1) is 29.4. The van der Waals surface area contributed by atoms with E-state index in [4.69, 9.17) is 0 Å². The maximum atomic E-state index is 9.49. The van der Waals surface area contributed by atoms with Crippen LogP contribution in [0.25, 0.3) is 45.5 Å². The Bertz CT molecular complexity index is 2670. The van der Waals surface area contributed by atoms with E-state index in [1.54, 1.807) is 0 Å². The van der Waals surface area contributed by atoms with Crippen LogP contribution in [0.3, 0.4) is 0 Å². The molecule has 0 amide bonds. The van der Waals surface area contributed by atoms with E-state index in [0.29, 0.717) is 11.8 Å². The van der Waals surface area contributed by atoms with Crippen LogP contribution in [0.15, 0.2) is 139 Å². The van der Waals surface area contributed by atoms with Crippen molar-refractivity contribution in [3.05, 3.63) is 172 Å². The number of hydrogen-bond acceptors (Lipinski definition) is 0. The van der Waals surface area contributed by atoms with Crippen LogP contribution in [0.4, 0.5) is 0 Å². The molecule has 0 nitrogen and oxygen atoms in total. The SMILES string of the molecule is CC(C)CC1=Cc2c(-c3ccccc3C(C)(C)C)cccc2[CH]1[Zr]([Cl])([Cl])([c]1cccc2c1[SiH2]c1ccccc1-2)[CH]1C(CC(C)C)=Cc2c(-c3ccccc3C(C)(C)C)cccc21. The molecule has 317 valence electrons. The van der Waals surface area contributed by atoms with Crippen LogP contribution >= 0.6 is 17.0 Å². The molecule has 0 radical (unpaired) electrons. The number of allylic oxidation sites excluding steroid dienone is 2. The molecular formula is C58H63Cl2SiZr. The number of halogens is 2. The Labute approximate surface area is 383 Å². The van der Waals surface area contributed by atoms with E-state index in [-0.39, 0.29) is 18.1 Å². The van der Waals surface area contributed by atoms with Gasteiger partial charge in [0.05, 0.1) is 0 Å². The zero-order valence-corrected chi connectivity index (χ0v) is 43.8. The van der Waals surface area contributed by atoms with E-state index in [2.05, 4.69) is 209 Å². The van der Waals surface area contributed by atoms with Crippen molar-refractivity contribution in [1.29, 1.82) is 0 Å². The Balaban J connectivity index is 1.39. The monoisotopic (exact) mass is 947 g/mol. The first-order valence-electron chi connectivity index (χ1n) is 23.0. The molecular weight excluding hydrogens is 887 g/mol. The molecule has 2 aliphatic carbocycles. The van der Waals surface area contributed by atoms with E-state index in [1.165, 1.54) is 91.6 Å².